The van der Waals surface area contributed by atoms with Gasteiger partial charge in [-0.25, -0.2) is 9.59 Å². The number of aliphatic carboxylic acids is 1. The van der Waals surface area contributed by atoms with Crippen molar-refractivity contribution in [2.24, 2.45) is 0 Å². The number of urea groups is 1. The highest BCUT2D eigenvalue weighted by molar-refractivity contribution is 5.78. The van der Waals surface area contributed by atoms with Crippen LogP contribution < -0.4 is 14.8 Å². The van der Waals surface area contributed by atoms with E-state index in [-0.39, 0.29) is 18.5 Å². The van der Waals surface area contributed by atoms with E-state index in [9.17, 15) is 14.7 Å². The Kier molecular flexibility index (Phi) is 10.4. The fourth-order valence-electron chi connectivity index (χ4n) is 5.01. The number of para-hydroxylation sites is 1. The number of amides is 2. The van der Waals surface area contributed by atoms with Gasteiger partial charge in [0.05, 0.1) is 6.61 Å². The van der Waals surface area contributed by atoms with Crippen LogP contribution in [0.25, 0.3) is 0 Å². The molecule has 1 fully saturated rings. The van der Waals surface area contributed by atoms with Crippen LogP contribution in [-0.2, 0) is 17.8 Å². The Morgan fingerprint density at radius 2 is 1.52 bits per heavy atom. The average Bonchev–Trinajstić information content (AvgIpc) is 2.97. The van der Waals surface area contributed by atoms with Gasteiger partial charge in [-0.1, -0.05) is 79.9 Å². The maximum Gasteiger partial charge on any atom is 0.348 e. The molecule has 1 aliphatic rings. The number of carbonyl (C=O) groups is 2. The van der Waals surface area contributed by atoms with E-state index in [4.69, 9.17) is 9.47 Å². The third kappa shape index (κ3) is 8.76. The molecular formula is C33H40N2O5. The first-order valence-corrected chi connectivity index (χ1v) is 14.2. The van der Waals surface area contributed by atoms with Gasteiger partial charge in [-0.2, -0.15) is 0 Å². The van der Waals surface area contributed by atoms with Crippen LogP contribution in [0.3, 0.4) is 0 Å². The van der Waals surface area contributed by atoms with Gasteiger partial charge in [0.2, 0.25) is 5.60 Å². The highest BCUT2D eigenvalue weighted by Gasteiger charge is 2.36. The molecule has 1 atom stereocenters. The zero-order valence-electron chi connectivity index (χ0n) is 23.3. The van der Waals surface area contributed by atoms with E-state index in [1.165, 1.54) is 19.3 Å². The number of hydrogen-bond donors (Lipinski definition) is 2. The van der Waals surface area contributed by atoms with Crippen LogP contribution in [0.2, 0.25) is 0 Å². The normalized spacial score (nSPS) is 15.0. The lowest BCUT2D eigenvalue weighted by molar-refractivity contribution is -0.153. The predicted molar refractivity (Wildman–Crippen MR) is 156 cm³/mol. The second kappa shape index (κ2) is 14.4. The highest BCUT2D eigenvalue weighted by atomic mass is 16.5. The quantitative estimate of drug-likeness (QED) is 0.241. The van der Waals surface area contributed by atoms with Crippen molar-refractivity contribution in [3.63, 3.8) is 0 Å². The Labute approximate surface area is 237 Å². The lowest BCUT2D eigenvalue weighted by Gasteiger charge is -2.28. The summed E-state index contributed by atoms with van der Waals surface area (Å²) < 4.78 is 11.8. The Morgan fingerprint density at radius 3 is 2.17 bits per heavy atom. The van der Waals surface area contributed by atoms with Crippen molar-refractivity contribution in [1.82, 2.24) is 10.2 Å². The lowest BCUT2D eigenvalue weighted by Crippen LogP contribution is -2.45. The molecular weight excluding hydrogens is 504 g/mol. The molecule has 0 unspecified atom stereocenters. The maximum absolute atomic E-state index is 13.1. The van der Waals surface area contributed by atoms with Gasteiger partial charge in [0.25, 0.3) is 0 Å². The summed E-state index contributed by atoms with van der Waals surface area (Å²) >= 11 is 0. The molecule has 4 rings (SSSR count). The second-order valence-electron chi connectivity index (χ2n) is 10.7. The summed E-state index contributed by atoms with van der Waals surface area (Å²) in [6.45, 7) is 3.18. The standard InChI is InChI=1S/C33H40N2O5/c1-33(31(36)37,40-30-16-9-4-10-17-30)24-26-18-20-29(21-19-26)39-23-11-22-35(25-27-12-5-2-6-13-27)32(38)34-28-14-7-3-8-15-28/h2,4-6,9-10,12-13,16-21,28H,3,7-8,11,14-15,22-25H2,1H3,(H,34,38)(H,36,37)/t33-/m0/s1. The Balaban J connectivity index is 1.28. The Morgan fingerprint density at radius 1 is 0.875 bits per heavy atom. The molecule has 2 amide bonds. The molecule has 0 saturated heterocycles. The lowest BCUT2D eigenvalue weighted by atomic mass is 9.96. The number of hydrogen-bond acceptors (Lipinski definition) is 4. The van der Waals surface area contributed by atoms with Crippen LogP contribution in [0.1, 0.15) is 56.6 Å². The molecule has 0 heterocycles. The molecule has 0 spiro atoms. The summed E-state index contributed by atoms with van der Waals surface area (Å²) in [6.07, 6.45) is 6.59. The first-order valence-electron chi connectivity index (χ1n) is 14.2. The van der Waals surface area contributed by atoms with Crippen LogP contribution in [0.5, 0.6) is 11.5 Å². The zero-order chi connectivity index (χ0) is 28.2. The second-order valence-corrected chi connectivity index (χ2v) is 10.7. The number of carboxylic acid groups (broad SMARTS) is 1. The first-order chi connectivity index (χ1) is 19.4. The van der Waals surface area contributed by atoms with Gasteiger partial charge in [0.15, 0.2) is 0 Å². The summed E-state index contributed by atoms with van der Waals surface area (Å²) in [5, 5.41) is 13.1. The van der Waals surface area contributed by atoms with E-state index < -0.39 is 11.6 Å². The van der Waals surface area contributed by atoms with Gasteiger partial charge in [0.1, 0.15) is 11.5 Å². The van der Waals surface area contributed by atoms with Gasteiger partial charge < -0.3 is 24.8 Å². The molecule has 212 valence electrons. The van der Waals surface area contributed by atoms with Crippen molar-refractivity contribution in [1.29, 1.82) is 0 Å². The number of carboxylic acids is 1. The van der Waals surface area contributed by atoms with Crippen molar-refractivity contribution in [3.05, 3.63) is 96.1 Å². The number of benzene rings is 3. The fourth-order valence-corrected chi connectivity index (χ4v) is 5.01. The molecule has 7 nitrogen and oxygen atoms in total. The number of carbonyl (C=O) groups excluding carboxylic acids is 1. The van der Waals surface area contributed by atoms with Gasteiger partial charge in [-0.15, -0.1) is 0 Å². The van der Waals surface area contributed by atoms with Crippen molar-refractivity contribution >= 4 is 12.0 Å². The van der Waals surface area contributed by atoms with E-state index in [0.717, 1.165) is 24.0 Å². The maximum atomic E-state index is 13.1. The molecule has 2 N–H and O–H groups in total. The van der Waals surface area contributed by atoms with Crippen LogP contribution in [0.4, 0.5) is 4.79 Å². The zero-order valence-corrected chi connectivity index (χ0v) is 23.3. The Hall–Kier alpha value is -4.00. The molecule has 0 aliphatic heterocycles. The number of ether oxygens (including phenoxy) is 2. The smallest absolute Gasteiger partial charge is 0.348 e. The van der Waals surface area contributed by atoms with E-state index in [1.807, 2.05) is 77.7 Å². The van der Waals surface area contributed by atoms with Gasteiger partial charge >= 0.3 is 12.0 Å². The molecule has 40 heavy (non-hydrogen) atoms. The Bertz CT molecular complexity index is 1200. The first kappa shape index (κ1) is 29.0. The number of rotatable bonds is 13. The van der Waals surface area contributed by atoms with E-state index in [0.29, 0.717) is 37.6 Å². The minimum atomic E-state index is -1.40. The third-order valence-corrected chi connectivity index (χ3v) is 7.28. The van der Waals surface area contributed by atoms with Gasteiger partial charge in [0, 0.05) is 25.6 Å². The molecule has 0 bridgehead atoms. The fraction of sp³-hybridized carbons (Fsp3) is 0.394. The average molecular weight is 545 g/mol. The molecule has 7 heteroatoms. The topological polar surface area (TPSA) is 88.1 Å². The summed E-state index contributed by atoms with van der Waals surface area (Å²) in [5.41, 5.74) is 0.536. The monoisotopic (exact) mass is 544 g/mol. The third-order valence-electron chi connectivity index (χ3n) is 7.28. The summed E-state index contributed by atoms with van der Waals surface area (Å²) in [4.78, 5) is 27.0. The highest BCUT2D eigenvalue weighted by Crippen LogP contribution is 2.24. The molecule has 3 aromatic carbocycles. The SMILES string of the molecule is C[C@@](Cc1ccc(OCCCN(Cc2ccccc2)C(=O)NC2CCCCC2)cc1)(Oc1ccccc1)C(=O)O. The van der Waals surface area contributed by atoms with E-state index >= 15 is 0 Å². The summed E-state index contributed by atoms with van der Waals surface area (Å²) in [5.74, 6) is 0.191. The van der Waals surface area contributed by atoms with E-state index in [1.54, 1.807) is 19.1 Å². The van der Waals surface area contributed by atoms with Crippen LogP contribution in [0, 0.1) is 0 Å². The van der Waals surface area contributed by atoms with Crippen LogP contribution in [-0.4, -0.2) is 46.8 Å². The molecule has 0 radical (unpaired) electrons. The minimum Gasteiger partial charge on any atom is -0.494 e. The van der Waals surface area contributed by atoms with Crippen molar-refractivity contribution in [2.75, 3.05) is 13.2 Å². The van der Waals surface area contributed by atoms with Crippen molar-refractivity contribution in [2.45, 2.75) is 70.1 Å². The van der Waals surface area contributed by atoms with Crippen molar-refractivity contribution in [3.8, 4) is 11.5 Å². The number of nitrogens with zero attached hydrogens (tertiary/aromatic N) is 1. The van der Waals surface area contributed by atoms with Crippen LogP contribution in [0.15, 0.2) is 84.9 Å². The minimum absolute atomic E-state index is 0.0145. The summed E-state index contributed by atoms with van der Waals surface area (Å²) in [7, 11) is 0. The summed E-state index contributed by atoms with van der Waals surface area (Å²) in [6, 6.07) is 26.7. The van der Waals surface area contributed by atoms with Crippen LogP contribution >= 0.6 is 0 Å². The van der Waals surface area contributed by atoms with Gasteiger partial charge in [-0.05, 0) is 61.6 Å². The predicted octanol–water partition coefficient (Wildman–Crippen LogP) is 6.46. The largest absolute Gasteiger partial charge is 0.494 e. The molecule has 0 aromatic heterocycles. The molecule has 1 aliphatic carbocycles. The van der Waals surface area contributed by atoms with Gasteiger partial charge in [-0.3, -0.25) is 0 Å². The molecule has 3 aromatic rings. The van der Waals surface area contributed by atoms with E-state index in [2.05, 4.69) is 5.32 Å². The van der Waals surface area contributed by atoms with Crippen molar-refractivity contribution < 1.29 is 24.2 Å². The molecule has 1 saturated carbocycles. The number of nitrogens with one attached hydrogen (secondary N) is 1.